The normalized spacial score (nSPS) is 16.6. The molecule has 2 heterocycles. The second-order valence-electron chi connectivity index (χ2n) is 7.03. The fourth-order valence-corrected chi connectivity index (χ4v) is 3.44. The lowest BCUT2D eigenvalue weighted by Crippen LogP contribution is -2.21. The molecule has 1 aromatic heterocycles. The van der Waals surface area contributed by atoms with Crippen LogP contribution in [0, 0.1) is 0 Å². The van der Waals surface area contributed by atoms with E-state index in [2.05, 4.69) is 16.4 Å². The molecule has 0 unspecified atom stereocenters. The number of aliphatic hydroxyl groups excluding tert-OH is 1. The molecule has 0 radical (unpaired) electrons. The summed E-state index contributed by atoms with van der Waals surface area (Å²) in [6.07, 6.45) is 4.26. The zero-order valence-corrected chi connectivity index (χ0v) is 14.0. The molecule has 1 saturated carbocycles. The van der Waals surface area contributed by atoms with Gasteiger partial charge in [-0.25, -0.2) is 4.98 Å². The molecule has 2 N–H and O–H groups in total. The lowest BCUT2D eigenvalue weighted by atomic mass is 9.95. The van der Waals surface area contributed by atoms with E-state index in [1.807, 2.05) is 18.3 Å². The maximum atomic E-state index is 12.3. The summed E-state index contributed by atoms with van der Waals surface area (Å²) < 4.78 is 0. The summed E-state index contributed by atoms with van der Waals surface area (Å²) in [5, 5.41) is 12.9. The van der Waals surface area contributed by atoms with Gasteiger partial charge in [-0.05, 0) is 48.2 Å². The number of pyridine rings is 1. The third kappa shape index (κ3) is 2.36. The van der Waals surface area contributed by atoms with Crippen molar-refractivity contribution < 1.29 is 9.90 Å². The standard InChI is InChI=1S/C19H21N3O2/c1-22(2)18(24)14-6-12(10-23)5-13(7-14)15-8-16-17(20-9-15)21-11-19(16)3-4-19/h5-9,23H,3-4,10-11H2,1-2H3,(H,20,21). The van der Waals surface area contributed by atoms with Crippen LogP contribution in [0.25, 0.3) is 11.1 Å². The monoisotopic (exact) mass is 323 g/mol. The van der Waals surface area contributed by atoms with Crippen LogP contribution in [-0.2, 0) is 12.0 Å². The molecule has 5 heteroatoms. The Kier molecular flexibility index (Phi) is 3.35. The molecule has 124 valence electrons. The molecule has 0 bridgehead atoms. The molecule has 4 rings (SSSR count). The average Bonchev–Trinajstić information content (AvgIpc) is 3.30. The van der Waals surface area contributed by atoms with Gasteiger partial charge in [-0.2, -0.15) is 0 Å². The molecule has 24 heavy (non-hydrogen) atoms. The predicted octanol–water partition coefficient (Wildman–Crippen LogP) is 2.40. The molecule has 1 aliphatic carbocycles. The highest BCUT2D eigenvalue weighted by atomic mass is 16.3. The second kappa shape index (κ2) is 5.31. The van der Waals surface area contributed by atoms with E-state index in [4.69, 9.17) is 0 Å². The van der Waals surface area contributed by atoms with Gasteiger partial charge in [0.25, 0.3) is 5.91 Å². The fourth-order valence-electron chi connectivity index (χ4n) is 3.44. The van der Waals surface area contributed by atoms with Gasteiger partial charge in [-0.1, -0.05) is 0 Å². The summed E-state index contributed by atoms with van der Waals surface area (Å²) in [6, 6.07) is 7.75. The first-order valence-corrected chi connectivity index (χ1v) is 8.24. The average molecular weight is 323 g/mol. The second-order valence-corrected chi connectivity index (χ2v) is 7.03. The van der Waals surface area contributed by atoms with Gasteiger partial charge in [0, 0.05) is 48.9 Å². The van der Waals surface area contributed by atoms with Crippen molar-refractivity contribution in [2.24, 2.45) is 0 Å². The molecule has 1 amide bonds. The van der Waals surface area contributed by atoms with Crippen molar-refractivity contribution >= 4 is 11.7 Å². The van der Waals surface area contributed by atoms with Crippen LogP contribution in [0.3, 0.4) is 0 Å². The van der Waals surface area contributed by atoms with Crippen molar-refractivity contribution in [3.05, 3.63) is 47.2 Å². The highest BCUT2D eigenvalue weighted by molar-refractivity contribution is 5.95. The number of hydrogen-bond donors (Lipinski definition) is 2. The van der Waals surface area contributed by atoms with E-state index < -0.39 is 0 Å². The Balaban J connectivity index is 1.79. The zero-order valence-electron chi connectivity index (χ0n) is 14.0. The third-order valence-corrected chi connectivity index (χ3v) is 5.07. The van der Waals surface area contributed by atoms with E-state index in [0.29, 0.717) is 5.56 Å². The molecule has 0 saturated heterocycles. The number of rotatable bonds is 3. The summed E-state index contributed by atoms with van der Waals surface area (Å²) in [5.74, 6) is 0.917. The molecule has 1 fully saturated rings. The number of carbonyl (C=O) groups excluding carboxylic acids is 1. The SMILES string of the molecule is CN(C)C(=O)c1cc(CO)cc(-c2cnc3c(c2)C2(CC2)CN3)c1. The summed E-state index contributed by atoms with van der Waals surface area (Å²) in [6.45, 7) is 0.880. The molecule has 2 aliphatic rings. The lowest BCUT2D eigenvalue weighted by Gasteiger charge is -2.14. The van der Waals surface area contributed by atoms with Gasteiger partial charge >= 0.3 is 0 Å². The number of fused-ring (bicyclic) bond motifs is 2. The summed E-state index contributed by atoms with van der Waals surface area (Å²) in [4.78, 5) is 18.4. The molecule has 1 spiro atoms. The van der Waals surface area contributed by atoms with Crippen LogP contribution >= 0.6 is 0 Å². The Morgan fingerprint density at radius 1 is 1.25 bits per heavy atom. The number of amides is 1. The summed E-state index contributed by atoms with van der Waals surface area (Å²) >= 11 is 0. The number of benzene rings is 1. The van der Waals surface area contributed by atoms with Crippen LogP contribution in [0.1, 0.15) is 34.3 Å². The highest BCUT2D eigenvalue weighted by Gasteiger charge is 2.49. The molecule has 2 aromatic rings. The fraction of sp³-hybridized carbons (Fsp3) is 0.368. The van der Waals surface area contributed by atoms with Crippen molar-refractivity contribution in [2.75, 3.05) is 26.0 Å². The van der Waals surface area contributed by atoms with Crippen molar-refractivity contribution in [1.82, 2.24) is 9.88 Å². The molecular formula is C19H21N3O2. The minimum atomic E-state index is -0.0919. The third-order valence-electron chi connectivity index (χ3n) is 5.07. The van der Waals surface area contributed by atoms with E-state index in [9.17, 15) is 9.90 Å². The number of hydrogen-bond acceptors (Lipinski definition) is 4. The predicted molar refractivity (Wildman–Crippen MR) is 93.0 cm³/mol. The van der Waals surface area contributed by atoms with E-state index in [1.165, 1.54) is 18.4 Å². The van der Waals surface area contributed by atoms with Crippen molar-refractivity contribution in [3.8, 4) is 11.1 Å². The first kappa shape index (κ1) is 15.1. The van der Waals surface area contributed by atoms with E-state index >= 15 is 0 Å². The van der Waals surface area contributed by atoms with Gasteiger partial charge in [-0.3, -0.25) is 4.79 Å². The number of aliphatic hydroxyl groups is 1. The van der Waals surface area contributed by atoms with Crippen molar-refractivity contribution in [1.29, 1.82) is 0 Å². The van der Waals surface area contributed by atoms with Gasteiger partial charge in [0.2, 0.25) is 0 Å². The summed E-state index contributed by atoms with van der Waals surface area (Å²) in [7, 11) is 3.46. The van der Waals surface area contributed by atoms with Gasteiger partial charge in [-0.15, -0.1) is 0 Å². The van der Waals surface area contributed by atoms with Crippen LogP contribution in [-0.4, -0.2) is 41.5 Å². The molecule has 1 aromatic carbocycles. The first-order valence-electron chi connectivity index (χ1n) is 8.24. The van der Waals surface area contributed by atoms with Gasteiger partial charge < -0.3 is 15.3 Å². The van der Waals surface area contributed by atoms with Crippen LogP contribution in [0.5, 0.6) is 0 Å². The van der Waals surface area contributed by atoms with E-state index in [0.717, 1.165) is 29.1 Å². The van der Waals surface area contributed by atoms with Crippen LogP contribution in [0.15, 0.2) is 30.5 Å². The minimum Gasteiger partial charge on any atom is -0.392 e. The van der Waals surface area contributed by atoms with Crippen molar-refractivity contribution in [3.63, 3.8) is 0 Å². The zero-order chi connectivity index (χ0) is 16.9. The Morgan fingerprint density at radius 2 is 2.04 bits per heavy atom. The van der Waals surface area contributed by atoms with Gasteiger partial charge in [0.05, 0.1) is 6.61 Å². The highest BCUT2D eigenvalue weighted by Crippen LogP contribution is 2.54. The van der Waals surface area contributed by atoms with Gasteiger partial charge in [0.15, 0.2) is 0 Å². The molecule has 5 nitrogen and oxygen atoms in total. The molecule has 1 aliphatic heterocycles. The smallest absolute Gasteiger partial charge is 0.253 e. The van der Waals surface area contributed by atoms with Crippen LogP contribution in [0.4, 0.5) is 5.82 Å². The quantitative estimate of drug-likeness (QED) is 0.910. The Bertz CT molecular complexity index is 825. The number of carbonyl (C=O) groups is 1. The largest absolute Gasteiger partial charge is 0.392 e. The number of nitrogens with one attached hydrogen (secondary N) is 1. The van der Waals surface area contributed by atoms with Crippen LogP contribution < -0.4 is 5.32 Å². The number of nitrogens with zero attached hydrogens (tertiary/aromatic N) is 2. The van der Waals surface area contributed by atoms with Crippen molar-refractivity contribution in [2.45, 2.75) is 24.9 Å². The van der Waals surface area contributed by atoms with E-state index in [1.54, 1.807) is 25.1 Å². The summed E-state index contributed by atoms with van der Waals surface area (Å²) in [5.41, 5.74) is 4.79. The topological polar surface area (TPSA) is 65.5 Å². The lowest BCUT2D eigenvalue weighted by molar-refractivity contribution is 0.0827. The molecular weight excluding hydrogens is 302 g/mol. The Labute approximate surface area is 141 Å². The minimum absolute atomic E-state index is 0.0685. The Hall–Kier alpha value is -2.40. The number of anilines is 1. The maximum absolute atomic E-state index is 12.3. The first-order chi connectivity index (χ1) is 11.5. The molecule has 0 atom stereocenters. The van der Waals surface area contributed by atoms with Crippen LogP contribution in [0.2, 0.25) is 0 Å². The Morgan fingerprint density at radius 3 is 2.71 bits per heavy atom. The van der Waals surface area contributed by atoms with Gasteiger partial charge in [0.1, 0.15) is 5.82 Å². The number of aromatic nitrogens is 1. The van der Waals surface area contributed by atoms with E-state index in [-0.39, 0.29) is 17.9 Å². The maximum Gasteiger partial charge on any atom is 0.253 e.